The Morgan fingerprint density at radius 3 is 2.57 bits per heavy atom. The maximum Gasteiger partial charge on any atom is 0.223 e. The second-order valence-corrected chi connectivity index (χ2v) is 12.6. The van der Waals surface area contributed by atoms with Gasteiger partial charge in [-0.25, -0.2) is 0 Å². The molecule has 0 aromatic carbocycles. The van der Waals surface area contributed by atoms with Crippen LogP contribution in [0, 0.1) is 0 Å². The average molecular weight is 332 g/mol. The molecule has 0 aliphatic carbocycles. The van der Waals surface area contributed by atoms with Crippen LogP contribution < -0.4 is 0 Å². The van der Waals surface area contributed by atoms with Gasteiger partial charge in [0.15, 0.2) is 13.4 Å². The SMILES string of the molecule is CC(=S)OCCN1C(=O)CCC1CO[Si](C)(C)C(C)(C)C. The summed E-state index contributed by atoms with van der Waals surface area (Å²) in [5.74, 6) is 0.199. The lowest BCUT2D eigenvalue weighted by Gasteiger charge is -2.38. The van der Waals surface area contributed by atoms with Gasteiger partial charge in [0.2, 0.25) is 5.91 Å². The first-order valence-corrected chi connectivity index (χ1v) is 10.9. The molecule has 0 aromatic rings. The molecular weight excluding hydrogens is 302 g/mol. The fourth-order valence-corrected chi connectivity index (χ4v) is 3.21. The van der Waals surface area contributed by atoms with Crippen LogP contribution in [0.4, 0.5) is 0 Å². The zero-order valence-corrected chi connectivity index (χ0v) is 16.0. The first-order chi connectivity index (χ1) is 9.54. The van der Waals surface area contributed by atoms with Crippen molar-refractivity contribution in [3.63, 3.8) is 0 Å². The van der Waals surface area contributed by atoms with Crippen molar-refractivity contribution < 1.29 is 14.0 Å². The summed E-state index contributed by atoms with van der Waals surface area (Å²) >= 11 is 4.89. The third kappa shape index (κ3) is 5.34. The first kappa shape index (κ1) is 18.6. The Bertz CT molecular complexity index is 393. The van der Waals surface area contributed by atoms with Crippen molar-refractivity contribution in [2.45, 2.75) is 64.7 Å². The predicted molar refractivity (Wildman–Crippen MR) is 92.1 cm³/mol. The number of hydrogen-bond donors (Lipinski definition) is 0. The maximum absolute atomic E-state index is 12.0. The average Bonchev–Trinajstić information content (AvgIpc) is 2.67. The fraction of sp³-hybridized carbons (Fsp3) is 0.867. The number of ether oxygens (including phenoxy) is 1. The van der Waals surface area contributed by atoms with Gasteiger partial charge >= 0.3 is 0 Å². The summed E-state index contributed by atoms with van der Waals surface area (Å²) in [7, 11) is -1.76. The lowest BCUT2D eigenvalue weighted by Crippen LogP contribution is -2.46. The zero-order valence-electron chi connectivity index (χ0n) is 14.2. The number of carbonyl (C=O) groups excluding carboxylic acids is 1. The van der Waals surface area contributed by atoms with Crippen LogP contribution in [0.5, 0.6) is 0 Å². The van der Waals surface area contributed by atoms with E-state index in [-0.39, 0.29) is 17.0 Å². The smallest absolute Gasteiger partial charge is 0.223 e. The van der Waals surface area contributed by atoms with Crippen LogP contribution >= 0.6 is 12.2 Å². The summed E-state index contributed by atoms with van der Waals surface area (Å²) < 4.78 is 11.6. The Balaban J connectivity index is 2.53. The predicted octanol–water partition coefficient (Wildman–Crippen LogP) is 3.36. The van der Waals surface area contributed by atoms with Gasteiger partial charge in [0.1, 0.15) is 6.61 Å². The van der Waals surface area contributed by atoms with Gasteiger partial charge in [-0.05, 0) is 36.8 Å². The van der Waals surface area contributed by atoms with Crippen LogP contribution in [0.2, 0.25) is 18.1 Å². The second kappa shape index (κ2) is 7.20. The molecule has 1 heterocycles. The van der Waals surface area contributed by atoms with Gasteiger partial charge in [-0.2, -0.15) is 0 Å². The largest absolute Gasteiger partial charge is 0.486 e. The molecule has 122 valence electrons. The van der Waals surface area contributed by atoms with E-state index in [0.29, 0.717) is 31.2 Å². The number of rotatable bonds is 6. The standard InChI is InChI=1S/C15H29NO3SSi/c1-12(20)18-10-9-16-13(7-8-14(16)17)11-19-21(5,6)15(2,3)4/h13H,7-11H2,1-6H3. The molecule has 0 aromatic heterocycles. The molecule has 0 saturated carbocycles. The minimum Gasteiger partial charge on any atom is -0.486 e. The van der Waals surface area contributed by atoms with Crippen molar-refractivity contribution in [2.75, 3.05) is 19.8 Å². The molecular formula is C15H29NO3SSi. The van der Waals surface area contributed by atoms with Gasteiger partial charge in [-0.15, -0.1) is 0 Å². The van der Waals surface area contributed by atoms with Crippen LogP contribution in [0.15, 0.2) is 0 Å². The molecule has 4 nitrogen and oxygen atoms in total. The summed E-state index contributed by atoms with van der Waals surface area (Å²) in [6.07, 6.45) is 1.49. The highest BCUT2D eigenvalue weighted by molar-refractivity contribution is 7.80. The highest BCUT2D eigenvalue weighted by Gasteiger charge is 2.39. The Morgan fingerprint density at radius 1 is 1.43 bits per heavy atom. The molecule has 1 fully saturated rings. The number of nitrogens with zero attached hydrogens (tertiary/aromatic N) is 1. The minimum absolute atomic E-state index is 0.181. The van der Waals surface area contributed by atoms with Gasteiger partial charge in [0.05, 0.1) is 19.2 Å². The van der Waals surface area contributed by atoms with E-state index < -0.39 is 8.32 Å². The van der Waals surface area contributed by atoms with Gasteiger partial charge < -0.3 is 14.1 Å². The van der Waals surface area contributed by atoms with E-state index >= 15 is 0 Å². The highest BCUT2D eigenvalue weighted by atomic mass is 32.1. The molecule has 21 heavy (non-hydrogen) atoms. The molecule has 0 bridgehead atoms. The monoisotopic (exact) mass is 331 g/mol. The quantitative estimate of drug-likeness (QED) is 0.552. The topological polar surface area (TPSA) is 38.8 Å². The summed E-state index contributed by atoms with van der Waals surface area (Å²) in [4.78, 5) is 13.9. The van der Waals surface area contributed by atoms with E-state index in [1.54, 1.807) is 6.92 Å². The molecule has 1 unspecified atom stereocenters. The van der Waals surface area contributed by atoms with E-state index in [9.17, 15) is 4.79 Å². The molecule has 1 atom stereocenters. The summed E-state index contributed by atoms with van der Waals surface area (Å²) in [6, 6.07) is 0.181. The third-order valence-corrected chi connectivity index (χ3v) is 9.15. The van der Waals surface area contributed by atoms with Crippen molar-refractivity contribution in [3.8, 4) is 0 Å². The third-order valence-electron chi connectivity index (χ3n) is 4.53. The lowest BCUT2D eigenvalue weighted by atomic mass is 10.2. The van der Waals surface area contributed by atoms with Gasteiger partial charge in [-0.3, -0.25) is 4.79 Å². The molecule has 0 radical (unpaired) electrons. The van der Waals surface area contributed by atoms with Gasteiger partial charge in [0.25, 0.3) is 0 Å². The van der Waals surface area contributed by atoms with E-state index in [4.69, 9.17) is 21.4 Å². The zero-order chi connectivity index (χ0) is 16.3. The number of carbonyl (C=O) groups is 1. The molecule has 1 aliphatic heterocycles. The van der Waals surface area contributed by atoms with Crippen molar-refractivity contribution in [1.82, 2.24) is 4.90 Å². The van der Waals surface area contributed by atoms with Crippen molar-refractivity contribution in [1.29, 1.82) is 0 Å². The minimum atomic E-state index is -1.76. The molecule has 1 rings (SSSR count). The van der Waals surface area contributed by atoms with Crippen LogP contribution in [-0.2, 0) is 14.0 Å². The molecule has 1 aliphatic rings. The van der Waals surface area contributed by atoms with Crippen LogP contribution in [0.1, 0.15) is 40.5 Å². The number of thiocarbonyl (C=S) groups is 1. The maximum atomic E-state index is 12.0. The Labute approximate surface area is 135 Å². The van der Waals surface area contributed by atoms with E-state index in [1.165, 1.54) is 0 Å². The number of hydrogen-bond acceptors (Lipinski definition) is 4. The Kier molecular flexibility index (Phi) is 6.37. The van der Waals surface area contributed by atoms with E-state index in [0.717, 1.165) is 6.42 Å². The highest BCUT2D eigenvalue weighted by Crippen LogP contribution is 2.37. The van der Waals surface area contributed by atoms with Crippen molar-refractivity contribution in [3.05, 3.63) is 0 Å². The molecule has 0 spiro atoms. The molecule has 6 heteroatoms. The molecule has 1 saturated heterocycles. The lowest BCUT2D eigenvalue weighted by molar-refractivity contribution is -0.129. The fourth-order valence-electron chi connectivity index (χ4n) is 2.08. The van der Waals surface area contributed by atoms with Crippen molar-refractivity contribution in [2.24, 2.45) is 0 Å². The van der Waals surface area contributed by atoms with Crippen LogP contribution in [0.25, 0.3) is 0 Å². The van der Waals surface area contributed by atoms with E-state index in [1.807, 2.05) is 4.90 Å². The second-order valence-electron chi connectivity index (χ2n) is 7.19. The number of likely N-dealkylation sites (tertiary alicyclic amines) is 1. The first-order valence-electron chi connectivity index (χ1n) is 7.61. The molecule has 0 N–H and O–H groups in total. The Morgan fingerprint density at radius 2 is 2.05 bits per heavy atom. The van der Waals surface area contributed by atoms with Crippen LogP contribution in [0.3, 0.4) is 0 Å². The Hall–Kier alpha value is -0.463. The normalized spacial score (nSPS) is 20.0. The van der Waals surface area contributed by atoms with Crippen molar-refractivity contribution >= 4 is 31.5 Å². The number of amides is 1. The summed E-state index contributed by atoms with van der Waals surface area (Å²) in [5, 5.41) is 0.716. The van der Waals surface area contributed by atoms with Gasteiger partial charge in [0, 0.05) is 13.3 Å². The van der Waals surface area contributed by atoms with E-state index in [2.05, 4.69) is 33.9 Å². The van der Waals surface area contributed by atoms with Crippen LogP contribution in [-0.4, -0.2) is 50.0 Å². The molecule has 1 amide bonds. The summed E-state index contributed by atoms with van der Waals surface area (Å²) in [6.45, 7) is 14.6. The summed E-state index contributed by atoms with van der Waals surface area (Å²) in [5.41, 5.74) is 0. The van der Waals surface area contributed by atoms with Gasteiger partial charge in [-0.1, -0.05) is 20.8 Å².